The van der Waals surface area contributed by atoms with Crippen molar-refractivity contribution < 1.29 is 0 Å². The first-order chi connectivity index (χ1) is 9.93. The zero-order valence-electron chi connectivity index (χ0n) is 13.7. The van der Waals surface area contributed by atoms with E-state index in [1.807, 2.05) is 11.6 Å². The second-order valence-electron chi connectivity index (χ2n) is 5.89. The lowest BCUT2D eigenvalue weighted by Crippen LogP contribution is -2.22. The average molecular weight is 286 g/mol. The number of nitrogens with two attached hydrogens (primary N) is 1. The Morgan fingerprint density at radius 2 is 1.76 bits per heavy atom. The molecule has 0 atom stereocenters. The Kier molecular flexibility index (Phi) is 4.56. The Hall–Kier alpha value is -1.97. The molecule has 1 heterocycles. The van der Waals surface area contributed by atoms with Crippen LogP contribution in [0.5, 0.6) is 0 Å². The van der Waals surface area contributed by atoms with Gasteiger partial charge in [0.2, 0.25) is 0 Å². The van der Waals surface area contributed by atoms with Crippen molar-refractivity contribution in [3.63, 3.8) is 0 Å². The number of rotatable bonds is 5. The average Bonchev–Trinajstić information content (AvgIpc) is 2.76. The third kappa shape index (κ3) is 3.20. The van der Waals surface area contributed by atoms with E-state index >= 15 is 0 Å². The van der Waals surface area contributed by atoms with Gasteiger partial charge < -0.3 is 10.6 Å². The van der Waals surface area contributed by atoms with Gasteiger partial charge >= 0.3 is 0 Å². The molecule has 0 saturated carbocycles. The van der Waals surface area contributed by atoms with Crippen LogP contribution >= 0.6 is 0 Å². The Bertz CT molecular complexity index is 596. The topological polar surface area (TPSA) is 47.1 Å². The minimum absolute atomic E-state index is 0.293. The first-order valence-corrected chi connectivity index (χ1v) is 7.57. The van der Waals surface area contributed by atoms with E-state index in [0.29, 0.717) is 6.04 Å². The van der Waals surface area contributed by atoms with Crippen LogP contribution in [0.1, 0.15) is 43.6 Å². The van der Waals surface area contributed by atoms with Crippen LogP contribution in [0.15, 0.2) is 24.3 Å². The van der Waals surface area contributed by atoms with E-state index in [1.54, 1.807) is 0 Å². The summed E-state index contributed by atoms with van der Waals surface area (Å²) in [6, 6.07) is 9.05. The van der Waals surface area contributed by atoms with Gasteiger partial charge in [-0.2, -0.15) is 5.10 Å². The molecule has 21 heavy (non-hydrogen) atoms. The number of aromatic nitrogens is 2. The first-order valence-electron chi connectivity index (χ1n) is 7.57. The lowest BCUT2D eigenvalue weighted by Gasteiger charge is -2.23. The summed E-state index contributed by atoms with van der Waals surface area (Å²) < 4.78 is 2.01. The largest absolute Gasteiger partial charge is 0.394 e. The highest BCUT2D eigenvalue weighted by molar-refractivity contribution is 5.66. The SMILES string of the molecule is CCc1ccc(CN(C)c2c(N)c(C)nn2C(C)C)cc1. The molecule has 0 saturated heterocycles. The van der Waals surface area contributed by atoms with Gasteiger partial charge in [0.05, 0.1) is 11.4 Å². The maximum Gasteiger partial charge on any atom is 0.150 e. The highest BCUT2D eigenvalue weighted by Crippen LogP contribution is 2.29. The summed E-state index contributed by atoms with van der Waals surface area (Å²) >= 11 is 0. The van der Waals surface area contributed by atoms with Crippen LogP contribution in [0.3, 0.4) is 0 Å². The third-order valence-corrected chi connectivity index (χ3v) is 3.81. The van der Waals surface area contributed by atoms with Gasteiger partial charge in [-0.1, -0.05) is 31.2 Å². The molecule has 0 fully saturated rings. The molecule has 4 heteroatoms. The first kappa shape index (κ1) is 15.4. The zero-order chi connectivity index (χ0) is 15.6. The smallest absolute Gasteiger partial charge is 0.150 e. The molecule has 114 valence electrons. The van der Waals surface area contributed by atoms with Gasteiger partial charge in [0.25, 0.3) is 0 Å². The minimum atomic E-state index is 0.293. The summed E-state index contributed by atoms with van der Waals surface area (Å²) in [6.07, 6.45) is 1.07. The minimum Gasteiger partial charge on any atom is -0.394 e. The molecule has 1 aromatic heterocycles. The van der Waals surface area contributed by atoms with Crippen molar-refractivity contribution in [3.8, 4) is 0 Å². The molecule has 0 radical (unpaired) electrons. The number of anilines is 2. The molecule has 2 rings (SSSR count). The van der Waals surface area contributed by atoms with Crippen molar-refractivity contribution in [2.45, 2.75) is 46.7 Å². The summed E-state index contributed by atoms with van der Waals surface area (Å²) in [4.78, 5) is 2.18. The lowest BCUT2D eigenvalue weighted by molar-refractivity contribution is 0.525. The van der Waals surface area contributed by atoms with Crippen molar-refractivity contribution in [2.24, 2.45) is 0 Å². The fraction of sp³-hybridized carbons (Fsp3) is 0.471. The van der Waals surface area contributed by atoms with Crippen molar-refractivity contribution >= 4 is 11.5 Å². The van der Waals surface area contributed by atoms with Gasteiger partial charge in [-0.3, -0.25) is 0 Å². The van der Waals surface area contributed by atoms with Crippen LogP contribution < -0.4 is 10.6 Å². The van der Waals surface area contributed by atoms with Crippen molar-refractivity contribution in [2.75, 3.05) is 17.7 Å². The van der Waals surface area contributed by atoms with Crippen LogP contribution in [-0.2, 0) is 13.0 Å². The standard InChI is InChI=1S/C17H26N4/c1-6-14-7-9-15(10-8-14)11-20(5)17-16(18)13(4)19-21(17)12(2)3/h7-10,12H,6,11,18H2,1-5H3. The molecule has 1 aromatic carbocycles. The maximum atomic E-state index is 6.22. The molecular formula is C17H26N4. The molecule has 2 aromatic rings. The number of nitrogen functional groups attached to an aromatic ring is 1. The monoisotopic (exact) mass is 286 g/mol. The third-order valence-electron chi connectivity index (χ3n) is 3.81. The van der Waals surface area contributed by atoms with Crippen LogP contribution in [0.4, 0.5) is 11.5 Å². The van der Waals surface area contributed by atoms with E-state index in [-0.39, 0.29) is 0 Å². The summed E-state index contributed by atoms with van der Waals surface area (Å²) in [5.74, 6) is 1.00. The second-order valence-corrected chi connectivity index (χ2v) is 5.89. The molecular weight excluding hydrogens is 260 g/mol. The summed E-state index contributed by atoms with van der Waals surface area (Å²) in [5.41, 5.74) is 10.5. The molecule has 0 bridgehead atoms. The van der Waals surface area contributed by atoms with Crippen molar-refractivity contribution in [1.29, 1.82) is 0 Å². The van der Waals surface area contributed by atoms with E-state index in [4.69, 9.17) is 5.73 Å². The number of aryl methyl sites for hydroxylation is 2. The normalized spacial score (nSPS) is 11.1. The van der Waals surface area contributed by atoms with Crippen LogP contribution in [0, 0.1) is 6.92 Å². The number of hydrogen-bond acceptors (Lipinski definition) is 3. The van der Waals surface area contributed by atoms with E-state index < -0.39 is 0 Å². The molecule has 0 spiro atoms. The van der Waals surface area contributed by atoms with Crippen LogP contribution in [0.25, 0.3) is 0 Å². The molecule has 0 aliphatic rings. The van der Waals surface area contributed by atoms with E-state index in [0.717, 1.165) is 30.2 Å². The maximum absolute atomic E-state index is 6.22. The summed E-state index contributed by atoms with van der Waals surface area (Å²) in [7, 11) is 2.07. The number of benzene rings is 1. The van der Waals surface area contributed by atoms with Gasteiger partial charge in [-0.25, -0.2) is 4.68 Å². The number of hydrogen-bond donors (Lipinski definition) is 1. The van der Waals surface area contributed by atoms with Gasteiger partial charge in [-0.15, -0.1) is 0 Å². The Morgan fingerprint density at radius 1 is 1.19 bits per heavy atom. The fourth-order valence-corrected chi connectivity index (χ4v) is 2.52. The van der Waals surface area contributed by atoms with Gasteiger partial charge in [-0.05, 0) is 38.3 Å². The second kappa shape index (κ2) is 6.20. The number of nitrogens with zero attached hydrogens (tertiary/aromatic N) is 3. The molecule has 0 unspecified atom stereocenters. The summed E-state index contributed by atoms with van der Waals surface area (Å²) in [5, 5.41) is 4.55. The van der Waals surface area contributed by atoms with Crippen molar-refractivity contribution in [1.82, 2.24) is 9.78 Å². The zero-order valence-corrected chi connectivity index (χ0v) is 13.7. The highest BCUT2D eigenvalue weighted by Gasteiger charge is 2.18. The molecule has 0 aliphatic heterocycles. The van der Waals surface area contributed by atoms with E-state index in [9.17, 15) is 0 Å². The van der Waals surface area contributed by atoms with Gasteiger partial charge in [0.15, 0.2) is 5.82 Å². The van der Waals surface area contributed by atoms with Gasteiger partial charge in [0, 0.05) is 19.6 Å². The summed E-state index contributed by atoms with van der Waals surface area (Å²) in [6.45, 7) is 9.21. The quantitative estimate of drug-likeness (QED) is 0.914. The van der Waals surface area contributed by atoms with Crippen LogP contribution in [0.2, 0.25) is 0 Å². The Morgan fingerprint density at radius 3 is 2.29 bits per heavy atom. The highest BCUT2D eigenvalue weighted by atomic mass is 15.4. The van der Waals surface area contributed by atoms with Crippen molar-refractivity contribution in [3.05, 3.63) is 41.1 Å². The Labute approximate surface area is 127 Å². The Balaban J connectivity index is 2.25. The van der Waals surface area contributed by atoms with E-state index in [2.05, 4.69) is 62.1 Å². The van der Waals surface area contributed by atoms with Crippen LogP contribution in [-0.4, -0.2) is 16.8 Å². The molecule has 4 nitrogen and oxygen atoms in total. The van der Waals surface area contributed by atoms with Gasteiger partial charge in [0.1, 0.15) is 0 Å². The predicted octanol–water partition coefficient (Wildman–Crippen LogP) is 3.55. The molecule has 0 aliphatic carbocycles. The molecule has 0 amide bonds. The van der Waals surface area contributed by atoms with E-state index in [1.165, 1.54) is 11.1 Å². The predicted molar refractivity (Wildman–Crippen MR) is 89.7 cm³/mol. The molecule has 2 N–H and O–H groups in total. The fourth-order valence-electron chi connectivity index (χ4n) is 2.52. The lowest BCUT2D eigenvalue weighted by atomic mass is 10.1.